The van der Waals surface area contributed by atoms with Crippen LogP contribution in [-0.4, -0.2) is 64.8 Å². The van der Waals surface area contributed by atoms with Crippen molar-refractivity contribution in [1.82, 2.24) is 14.8 Å². The van der Waals surface area contributed by atoms with E-state index < -0.39 is 12.0 Å². The molecule has 9 nitrogen and oxygen atoms in total. The molecule has 2 aliphatic rings. The Morgan fingerprint density at radius 1 is 1.00 bits per heavy atom. The second-order valence-electron chi connectivity index (χ2n) is 10.2. The van der Waals surface area contributed by atoms with Crippen molar-refractivity contribution in [3.05, 3.63) is 81.7 Å². The standard InChI is InChI=1S/C30H32N6O3S/c1-18-19(2)40-30-27(18)28(31-23(17-26(37)38)29-33-32-20(3)36(29)30)21-9-11-22(12-10-21)34-13-15-35(16-14-34)24-7-5-6-8-25(24)39-4/h5-12,23H,13-17H2,1-4H3,(H,37,38)/t23-/m0/s1. The number of aliphatic carboxylic acids is 1. The van der Waals surface area contributed by atoms with Gasteiger partial charge in [0.2, 0.25) is 0 Å². The zero-order valence-electron chi connectivity index (χ0n) is 23.1. The van der Waals surface area contributed by atoms with Crippen LogP contribution in [-0.2, 0) is 4.79 Å². The van der Waals surface area contributed by atoms with Crippen LogP contribution in [0.15, 0.2) is 53.5 Å². The molecule has 0 bridgehead atoms. The number of rotatable bonds is 6. The number of piperazine rings is 1. The normalized spacial score (nSPS) is 16.7. The van der Waals surface area contributed by atoms with Crippen molar-refractivity contribution in [3.63, 3.8) is 0 Å². The largest absolute Gasteiger partial charge is 0.495 e. The van der Waals surface area contributed by atoms with Crippen molar-refractivity contribution in [1.29, 1.82) is 0 Å². The summed E-state index contributed by atoms with van der Waals surface area (Å²) < 4.78 is 7.55. The molecule has 1 fully saturated rings. The number of aromatic nitrogens is 3. The SMILES string of the molecule is COc1ccccc1N1CCN(c2ccc(C3=N[C@@H](CC(=O)O)c4nnc(C)n4-c4sc(C)c(C)c43)cc2)CC1. The number of hydrogen-bond donors (Lipinski definition) is 1. The molecule has 0 amide bonds. The molecule has 4 aromatic rings. The Labute approximate surface area is 237 Å². The minimum Gasteiger partial charge on any atom is -0.495 e. The van der Waals surface area contributed by atoms with E-state index in [4.69, 9.17) is 9.73 Å². The highest BCUT2D eigenvalue weighted by molar-refractivity contribution is 7.15. The fraction of sp³-hybridized carbons (Fsp3) is 0.333. The monoisotopic (exact) mass is 556 g/mol. The van der Waals surface area contributed by atoms with Crippen molar-refractivity contribution in [2.24, 2.45) is 4.99 Å². The van der Waals surface area contributed by atoms with Crippen LogP contribution in [0.1, 0.15) is 45.7 Å². The lowest BCUT2D eigenvalue weighted by molar-refractivity contribution is -0.137. The van der Waals surface area contributed by atoms with Gasteiger partial charge in [0.25, 0.3) is 0 Å². The Hall–Kier alpha value is -4.18. The zero-order chi connectivity index (χ0) is 28.0. The predicted octanol–water partition coefficient (Wildman–Crippen LogP) is 4.96. The van der Waals surface area contributed by atoms with Gasteiger partial charge in [0.15, 0.2) is 5.82 Å². The number of carbonyl (C=O) groups is 1. The number of thiophene rings is 1. The van der Waals surface area contributed by atoms with Crippen molar-refractivity contribution < 1.29 is 14.6 Å². The first-order chi connectivity index (χ1) is 19.4. The maximum Gasteiger partial charge on any atom is 0.306 e. The summed E-state index contributed by atoms with van der Waals surface area (Å²) in [6, 6.07) is 16.0. The van der Waals surface area contributed by atoms with Crippen LogP contribution in [0.4, 0.5) is 11.4 Å². The molecule has 10 heteroatoms. The lowest BCUT2D eigenvalue weighted by Gasteiger charge is -2.37. The number of aryl methyl sites for hydroxylation is 2. The van der Waals surface area contributed by atoms with E-state index in [1.807, 2.05) is 29.7 Å². The van der Waals surface area contributed by atoms with E-state index in [0.717, 1.165) is 76.5 Å². The number of para-hydroxylation sites is 2. The molecule has 2 aromatic heterocycles. The Balaban J connectivity index is 1.30. The Kier molecular flexibility index (Phi) is 6.79. The van der Waals surface area contributed by atoms with Gasteiger partial charge in [0.05, 0.1) is 24.9 Å². The lowest BCUT2D eigenvalue weighted by Crippen LogP contribution is -2.46. The van der Waals surface area contributed by atoms with Gasteiger partial charge in [-0.3, -0.25) is 14.4 Å². The third-order valence-electron chi connectivity index (χ3n) is 7.82. The summed E-state index contributed by atoms with van der Waals surface area (Å²) in [5.41, 5.74) is 6.23. The number of carboxylic acids is 1. The molecule has 40 heavy (non-hydrogen) atoms. The number of hydrogen-bond acceptors (Lipinski definition) is 8. The van der Waals surface area contributed by atoms with Gasteiger partial charge in [0, 0.05) is 47.9 Å². The van der Waals surface area contributed by atoms with Gasteiger partial charge in [-0.05, 0) is 50.6 Å². The average Bonchev–Trinajstić information content (AvgIpc) is 3.45. The number of carboxylic acid groups (broad SMARTS) is 1. The molecule has 6 rings (SSSR count). The van der Waals surface area contributed by atoms with Crippen molar-refractivity contribution in [3.8, 4) is 10.8 Å². The maximum atomic E-state index is 11.8. The van der Waals surface area contributed by atoms with E-state index in [2.05, 4.69) is 64.2 Å². The van der Waals surface area contributed by atoms with Crippen LogP contribution >= 0.6 is 11.3 Å². The van der Waals surface area contributed by atoms with Gasteiger partial charge < -0.3 is 19.6 Å². The highest BCUT2D eigenvalue weighted by atomic mass is 32.1. The first-order valence-electron chi connectivity index (χ1n) is 13.4. The van der Waals surface area contributed by atoms with Gasteiger partial charge in [-0.2, -0.15) is 0 Å². The smallest absolute Gasteiger partial charge is 0.306 e. The third kappa shape index (κ3) is 4.52. The Morgan fingerprint density at radius 3 is 2.40 bits per heavy atom. The second-order valence-corrected chi connectivity index (χ2v) is 11.4. The summed E-state index contributed by atoms with van der Waals surface area (Å²) in [6.07, 6.45) is -0.150. The molecule has 0 saturated carbocycles. The number of ether oxygens (including phenoxy) is 1. The highest BCUT2D eigenvalue weighted by Gasteiger charge is 2.32. The van der Waals surface area contributed by atoms with Crippen molar-refractivity contribution in [2.75, 3.05) is 43.1 Å². The number of fused-ring (bicyclic) bond motifs is 3. The maximum absolute atomic E-state index is 11.8. The predicted molar refractivity (Wildman–Crippen MR) is 158 cm³/mol. The van der Waals surface area contributed by atoms with Crippen molar-refractivity contribution >= 4 is 34.4 Å². The van der Waals surface area contributed by atoms with Crippen molar-refractivity contribution in [2.45, 2.75) is 33.2 Å². The number of nitrogens with zero attached hydrogens (tertiary/aromatic N) is 6. The minimum atomic E-state index is -0.916. The quantitative estimate of drug-likeness (QED) is 0.359. The van der Waals surface area contributed by atoms with Crippen LogP contribution in [0.5, 0.6) is 5.75 Å². The molecule has 1 saturated heterocycles. The third-order valence-corrected chi connectivity index (χ3v) is 9.01. The Bertz CT molecular complexity index is 1600. The van der Waals surface area contributed by atoms with E-state index >= 15 is 0 Å². The molecular formula is C30H32N6O3S. The molecule has 4 heterocycles. The summed E-state index contributed by atoms with van der Waals surface area (Å²) in [7, 11) is 1.72. The first kappa shape index (κ1) is 26.1. The van der Waals surface area contributed by atoms with Crippen LogP contribution in [0, 0.1) is 20.8 Å². The van der Waals surface area contributed by atoms with Gasteiger partial charge in [-0.1, -0.05) is 24.3 Å². The van der Waals surface area contributed by atoms with E-state index in [1.165, 1.54) is 4.88 Å². The molecule has 2 aromatic carbocycles. The fourth-order valence-electron chi connectivity index (χ4n) is 5.62. The summed E-state index contributed by atoms with van der Waals surface area (Å²) in [4.78, 5) is 22.8. The van der Waals surface area contributed by atoms with E-state index in [0.29, 0.717) is 5.82 Å². The number of methoxy groups -OCH3 is 1. The minimum absolute atomic E-state index is 0.150. The molecule has 1 N–H and O–H groups in total. The highest BCUT2D eigenvalue weighted by Crippen LogP contribution is 2.39. The van der Waals surface area contributed by atoms with Gasteiger partial charge in [-0.15, -0.1) is 21.5 Å². The molecular weight excluding hydrogens is 524 g/mol. The summed E-state index contributed by atoms with van der Waals surface area (Å²) in [5, 5.41) is 19.3. The molecule has 0 aliphatic carbocycles. The second kappa shape index (κ2) is 10.4. The Morgan fingerprint density at radius 2 is 1.70 bits per heavy atom. The van der Waals surface area contributed by atoms with Crippen LogP contribution in [0.3, 0.4) is 0 Å². The fourth-order valence-corrected chi connectivity index (χ4v) is 6.83. The molecule has 0 radical (unpaired) electrons. The number of benzene rings is 2. The molecule has 0 spiro atoms. The molecule has 206 valence electrons. The summed E-state index contributed by atoms with van der Waals surface area (Å²) >= 11 is 1.67. The van der Waals surface area contributed by atoms with E-state index in [-0.39, 0.29) is 6.42 Å². The molecule has 2 aliphatic heterocycles. The van der Waals surface area contributed by atoms with E-state index in [1.54, 1.807) is 18.4 Å². The topological polar surface area (TPSA) is 96.1 Å². The molecule has 0 unspecified atom stereocenters. The lowest BCUT2D eigenvalue weighted by atomic mass is 9.99. The first-order valence-corrected chi connectivity index (χ1v) is 14.2. The van der Waals surface area contributed by atoms with Crippen LogP contribution in [0.25, 0.3) is 5.00 Å². The molecule has 1 atom stereocenters. The number of aliphatic imine (C=N–C) groups is 1. The van der Waals surface area contributed by atoms with Crippen LogP contribution < -0.4 is 14.5 Å². The number of anilines is 2. The average molecular weight is 557 g/mol. The van der Waals surface area contributed by atoms with Gasteiger partial charge >= 0.3 is 5.97 Å². The van der Waals surface area contributed by atoms with Gasteiger partial charge in [0.1, 0.15) is 22.6 Å². The summed E-state index contributed by atoms with van der Waals surface area (Å²) in [5.74, 6) is 1.28. The van der Waals surface area contributed by atoms with Crippen LogP contribution in [0.2, 0.25) is 0 Å². The summed E-state index contributed by atoms with van der Waals surface area (Å²) in [6.45, 7) is 9.72. The van der Waals surface area contributed by atoms with Gasteiger partial charge in [-0.25, -0.2) is 0 Å². The van der Waals surface area contributed by atoms with E-state index in [9.17, 15) is 9.90 Å². The zero-order valence-corrected chi connectivity index (χ0v) is 23.9.